The number of nitriles is 1. The van der Waals surface area contributed by atoms with Crippen molar-refractivity contribution in [2.45, 2.75) is 13.1 Å². The minimum Gasteiger partial charge on any atom is -0.306 e. The summed E-state index contributed by atoms with van der Waals surface area (Å²) in [5, 5.41) is 19.7. The highest BCUT2D eigenvalue weighted by Gasteiger charge is 2.35. The average Bonchev–Trinajstić information content (AvgIpc) is 4.00. The molecule has 0 spiro atoms. The van der Waals surface area contributed by atoms with Crippen molar-refractivity contribution in [1.82, 2.24) is 9.13 Å². The third kappa shape index (κ3) is 4.74. The van der Waals surface area contributed by atoms with E-state index in [1.807, 2.05) is 42.5 Å². The molecule has 12 aromatic rings. The minimum absolute atomic E-state index is 0.00578. The maximum absolute atomic E-state index is 15.0. The Morgan fingerprint density at radius 3 is 1.51 bits per heavy atom. The van der Waals surface area contributed by atoms with E-state index in [0.717, 1.165) is 90.0 Å². The number of nitrogens with zero attached hydrogens (tertiary/aromatic N) is 3. The Morgan fingerprint density at radius 2 is 0.983 bits per heavy atom. The molecule has 0 unspecified atom stereocenters. The first-order chi connectivity index (χ1) is 28.8. The molecule has 3 nitrogen and oxygen atoms in total. The van der Waals surface area contributed by atoms with Crippen LogP contribution in [-0.2, 0) is 6.18 Å². The van der Waals surface area contributed by atoms with Gasteiger partial charge < -0.3 is 9.13 Å². The number of thiophene rings is 2. The van der Waals surface area contributed by atoms with E-state index in [-0.39, 0.29) is 16.7 Å². The summed E-state index contributed by atoms with van der Waals surface area (Å²) in [4.78, 5) is 0. The van der Waals surface area contributed by atoms with Crippen molar-refractivity contribution >= 4 is 107 Å². The Balaban J connectivity index is 1.33. The molecule has 0 amide bonds. The SMILES string of the molecule is Cc1cccc(C(F)(F)F)c1-c1cc(-n2c3ccccc3c3ccc4c5ccccc5sc4c32)c(-n2c3ccccc3c3ccc4c5ccccc5sc4c32)cc1C#N. The Hall–Kier alpha value is -6.92. The van der Waals surface area contributed by atoms with Crippen molar-refractivity contribution in [3.8, 4) is 28.6 Å². The number of para-hydroxylation sites is 2. The van der Waals surface area contributed by atoms with E-state index < -0.39 is 11.7 Å². The third-order valence-corrected chi connectivity index (χ3v) is 14.3. The van der Waals surface area contributed by atoms with Crippen LogP contribution in [0.5, 0.6) is 0 Å². The summed E-state index contributed by atoms with van der Waals surface area (Å²) in [6.07, 6.45) is -4.65. The Bertz CT molecular complexity index is 3810. The largest absolute Gasteiger partial charge is 0.417 e. The molecule has 8 aromatic carbocycles. The van der Waals surface area contributed by atoms with Crippen LogP contribution in [0.4, 0.5) is 13.2 Å². The molecule has 59 heavy (non-hydrogen) atoms. The van der Waals surface area contributed by atoms with Crippen LogP contribution >= 0.6 is 22.7 Å². The molecule has 8 heteroatoms. The first kappa shape index (κ1) is 34.1. The van der Waals surface area contributed by atoms with Crippen LogP contribution in [0, 0.1) is 18.3 Å². The molecular formula is C51H28F3N3S2. The molecule has 0 aliphatic carbocycles. The fourth-order valence-corrected chi connectivity index (χ4v) is 11.9. The lowest BCUT2D eigenvalue weighted by Crippen LogP contribution is -2.10. The van der Waals surface area contributed by atoms with Gasteiger partial charge in [-0.2, -0.15) is 18.4 Å². The molecule has 0 aliphatic heterocycles. The van der Waals surface area contributed by atoms with Crippen LogP contribution < -0.4 is 0 Å². The number of fused-ring (bicyclic) bond motifs is 14. The summed E-state index contributed by atoms with van der Waals surface area (Å²) in [6.45, 7) is 1.69. The van der Waals surface area contributed by atoms with Gasteiger partial charge in [0.2, 0.25) is 0 Å². The lowest BCUT2D eigenvalue weighted by molar-refractivity contribution is -0.137. The molecule has 0 fully saturated rings. The van der Waals surface area contributed by atoms with Crippen molar-refractivity contribution in [3.63, 3.8) is 0 Å². The second-order valence-electron chi connectivity index (χ2n) is 15.1. The number of alkyl halides is 3. The Kier molecular flexibility index (Phi) is 7.12. The summed E-state index contributed by atoms with van der Waals surface area (Å²) >= 11 is 3.45. The lowest BCUT2D eigenvalue weighted by atomic mass is 9.90. The summed E-state index contributed by atoms with van der Waals surface area (Å²) in [6, 6.07) is 52.3. The zero-order valence-electron chi connectivity index (χ0n) is 31.2. The van der Waals surface area contributed by atoms with Gasteiger partial charge in [-0.3, -0.25) is 0 Å². The van der Waals surface area contributed by atoms with Crippen molar-refractivity contribution in [2.24, 2.45) is 0 Å². The van der Waals surface area contributed by atoms with E-state index in [0.29, 0.717) is 16.9 Å². The molecule has 0 bridgehead atoms. The quantitative estimate of drug-likeness (QED) is 0.175. The van der Waals surface area contributed by atoms with Crippen LogP contribution in [0.1, 0.15) is 16.7 Å². The van der Waals surface area contributed by atoms with E-state index in [1.165, 1.54) is 6.07 Å². The molecule has 280 valence electrons. The first-order valence-corrected chi connectivity index (χ1v) is 20.9. The van der Waals surface area contributed by atoms with Gasteiger partial charge >= 0.3 is 6.18 Å². The standard InChI is InChI=1S/C51H28F3N3S2/c1-28-11-10-16-39(51(52,53)54)46(28)38-26-43(57-41-18-7-3-13-31(41)35-22-24-37-33-15-5-9-20-45(33)59-50(37)48(35)57)42(25-29(38)27-55)56-40-17-6-2-12-30(40)34-21-23-36-32-14-4-8-19-44(32)58-49(36)47(34)56/h2-26H,1H3. The van der Waals surface area contributed by atoms with E-state index in [1.54, 1.807) is 35.7 Å². The van der Waals surface area contributed by atoms with Crippen molar-refractivity contribution in [2.75, 3.05) is 0 Å². The summed E-state index contributed by atoms with van der Waals surface area (Å²) in [5.74, 6) is 0. The molecule has 0 saturated heterocycles. The highest BCUT2D eigenvalue weighted by Crippen LogP contribution is 2.49. The molecule has 0 saturated carbocycles. The number of hydrogen-bond donors (Lipinski definition) is 0. The lowest BCUT2D eigenvalue weighted by Gasteiger charge is -2.22. The summed E-state index contributed by atoms with van der Waals surface area (Å²) in [7, 11) is 0. The van der Waals surface area contributed by atoms with Gasteiger partial charge in [-0.05, 0) is 60.5 Å². The zero-order valence-corrected chi connectivity index (χ0v) is 32.9. The number of halogens is 3. The smallest absolute Gasteiger partial charge is 0.306 e. The fourth-order valence-electron chi connectivity index (χ4n) is 9.46. The van der Waals surface area contributed by atoms with Crippen molar-refractivity contribution in [1.29, 1.82) is 5.26 Å². The van der Waals surface area contributed by atoms with Gasteiger partial charge in [0.1, 0.15) is 0 Å². The number of benzene rings is 8. The van der Waals surface area contributed by atoms with Gasteiger partial charge in [-0.15, -0.1) is 22.7 Å². The highest BCUT2D eigenvalue weighted by molar-refractivity contribution is 7.27. The van der Waals surface area contributed by atoms with E-state index >= 15 is 13.2 Å². The number of rotatable bonds is 3. The van der Waals surface area contributed by atoms with E-state index in [4.69, 9.17) is 0 Å². The predicted octanol–water partition coefficient (Wildman–Crippen LogP) is 15.5. The van der Waals surface area contributed by atoms with Crippen LogP contribution in [0.15, 0.2) is 152 Å². The molecule has 4 aromatic heterocycles. The molecule has 0 atom stereocenters. The molecule has 0 aliphatic rings. The van der Waals surface area contributed by atoms with Crippen LogP contribution in [0.25, 0.3) is 106 Å². The molecular weight excluding hydrogens is 776 g/mol. The maximum Gasteiger partial charge on any atom is 0.417 e. The van der Waals surface area contributed by atoms with Crippen molar-refractivity contribution in [3.05, 3.63) is 168 Å². The monoisotopic (exact) mass is 803 g/mol. The minimum atomic E-state index is -4.65. The van der Waals surface area contributed by atoms with Gasteiger partial charge in [0, 0.05) is 58.1 Å². The van der Waals surface area contributed by atoms with E-state index in [2.05, 4.69) is 106 Å². The van der Waals surface area contributed by atoms with Crippen molar-refractivity contribution < 1.29 is 13.2 Å². The second kappa shape index (κ2) is 12.3. The molecule has 0 N–H and O–H groups in total. The van der Waals surface area contributed by atoms with Gasteiger partial charge in [0.15, 0.2) is 0 Å². The highest BCUT2D eigenvalue weighted by atomic mass is 32.1. The first-order valence-electron chi connectivity index (χ1n) is 19.2. The molecule has 0 radical (unpaired) electrons. The van der Waals surface area contributed by atoms with Crippen LogP contribution in [0.2, 0.25) is 0 Å². The summed E-state index contributed by atoms with van der Waals surface area (Å²) in [5.41, 5.74) is 5.24. The topological polar surface area (TPSA) is 33.6 Å². The number of hydrogen-bond acceptors (Lipinski definition) is 3. The molecule has 4 heterocycles. The van der Waals surface area contributed by atoms with E-state index in [9.17, 15) is 5.26 Å². The number of aryl methyl sites for hydroxylation is 1. The maximum atomic E-state index is 15.0. The third-order valence-electron chi connectivity index (χ3n) is 11.9. The van der Waals surface area contributed by atoms with Gasteiger partial charge in [-0.1, -0.05) is 109 Å². The number of aromatic nitrogens is 2. The van der Waals surface area contributed by atoms with Gasteiger partial charge in [-0.25, -0.2) is 0 Å². The summed E-state index contributed by atoms with van der Waals surface area (Å²) < 4.78 is 54.0. The molecule has 12 rings (SSSR count). The van der Waals surface area contributed by atoms with Crippen LogP contribution in [0.3, 0.4) is 0 Å². The Morgan fingerprint density at radius 1 is 0.508 bits per heavy atom. The van der Waals surface area contributed by atoms with Crippen LogP contribution in [-0.4, -0.2) is 9.13 Å². The van der Waals surface area contributed by atoms with Gasteiger partial charge in [0.05, 0.1) is 60.0 Å². The average molecular weight is 804 g/mol. The second-order valence-corrected chi connectivity index (χ2v) is 17.2. The normalized spacial score (nSPS) is 12.4. The Labute approximate surface area is 342 Å². The zero-order chi connectivity index (χ0) is 39.7. The fraction of sp³-hybridized carbons (Fsp3) is 0.0392. The van der Waals surface area contributed by atoms with Gasteiger partial charge in [0.25, 0.3) is 0 Å². The predicted molar refractivity (Wildman–Crippen MR) is 241 cm³/mol.